The van der Waals surface area contributed by atoms with Gasteiger partial charge in [0, 0.05) is 29.7 Å². The molecule has 98 valence electrons. The number of carbonyl (C=O) groups excluding carboxylic acids is 2. The standard InChI is InChI=1S/C15H20O3/c1-4-13(16)18-15-7-10-5-11(8(15)2)14(17)12(6-10)9(15)3/h4,8-12H,1,5-7H2,2-3H3. The molecule has 0 aliphatic heterocycles. The number of esters is 1. The maximum absolute atomic E-state index is 12.3. The fraction of sp³-hybridized carbons (Fsp3) is 0.733. The highest BCUT2D eigenvalue weighted by Gasteiger charge is 2.64. The summed E-state index contributed by atoms with van der Waals surface area (Å²) in [6.07, 6.45) is 4.16. The molecule has 0 radical (unpaired) electrons. The van der Waals surface area contributed by atoms with Crippen molar-refractivity contribution in [2.24, 2.45) is 29.6 Å². The Hall–Kier alpha value is -1.12. The molecule has 4 aliphatic rings. The number of ether oxygens (including phenoxy) is 1. The second-order valence-corrected chi connectivity index (χ2v) is 6.31. The molecule has 4 aliphatic carbocycles. The molecular weight excluding hydrogens is 228 g/mol. The molecular formula is C15H20O3. The van der Waals surface area contributed by atoms with Crippen molar-refractivity contribution in [3.05, 3.63) is 12.7 Å². The molecule has 4 rings (SSSR count). The van der Waals surface area contributed by atoms with E-state index in [1.165, 1.54) is 6.08 Å². The summed E-state index contributed by atoms with van der Waals surface area (Å²) in [7, 11) is 0. The molecule has 0 N–H and O–H groups in total. The molecule has 0 aromatic heterocycles. The maximum Gasteiger partial charge on any atom is 0.330 e. The molecule has 0 heterocycles. The van der Waals surface area contributed by atoms with Gasteiger partial charge in [0.1, 0.15) is 11.4 Å². The summed E-state index contributed by atoms with van der Waals surface area (Å²) in [5, 5.41) is 0. The largest absolute Gasteiger partial charge is 0.455 e. The third-order valence-corrected chi connectivity index (χ3v) is 5.72. The van der Waals surface area contributed by atoms with E-state index in [4.69, 9.17) is 4.74 Å². The number of rotatable bonds is 2. The van der Waals surface area contributed by atoms with E-state index in [0.717, 1.165) is 19.3 Å². The lowest BCUT2D eigenvalue weighted by Crippen LogP contribution is -2.66. The Balaban J connectivity index is 2.00. The van der Waals surface area contributed by atoms with E-state index in [-0.39, 0.29) is 29.6 Å². The van der Waals surface area contributed by atoms with Crippen LogP contribution in [0.5, 0.6) is 0 Å². The molecule has 4 fully saturated rings. The van der Waals surface area contributed by atoms with Gasteiger partial charge in [-0.3, -0.25) is 4.79 Å². The van der Waals surface area contributed by atoms with Crippen LogP contribution in [-0.2, 0) is 14.3 Å². The van der Waals surface area contributed by atoms with Crippen LogP contribution in [0.15, 0.2) is 12.7 Å². The fourth-order valence-corrected chi connectivity index (χ4v) is 4.76. The molecule has 0 aromatic carbocycles. The van der Waals surface area contributed by atoms with Crippen molar-refractivity contribution in [3.8, 4) is 0 Å². The van der Waals surface area contributed by atoms with Gasteiger partial charge in [0.15, 0.2) is 0 Å². The van der Waals surface area contributed by atoms with Crippen molar-refractivity contribution in [1.29, 1.82) is 0 Å². The SMILES string of the molecule is C=CC(=O)OC12CC3CC(C(=O)C(C3)C1C)C2C. The Morgan fingerprint density at radius 1 is 1.33 bits per heavy atom. The van der Waals surface area contributed by atoms with Gasteiger partial charge in [-0.25, -0.2) is 4.79 Å². The minimum absolute atomic E-state index is 0.108. The second-order valence-electron chi connectivity index (χ2n) is 6.31. The molecule has 4 unspecified atom stereocenters. The van der Waals surface area contributed by atoms with Crippen LogP contribution in [0.3, 0.4) is 0 Å². The van der Waals surface area contributed by atoms with Gasteiger partial charge in [-0.1, -0.05) is 20.4 Å². The smallest absolute Gasteiger partial charge is 0.330 e. The Labute approximate surface area is 108 Å². The van der Waals surface area contributed by atoms with E-state index in [1.54, 1.807) is 0 Å². The summed E-state index contributed by atoms with van der Waals surface area (Å²) in [6.45, 7) is 7.64. The second kappa shape index (κ2) is 3.69. The van der Waals surface area contributed by atoms with Crippen molar-refractivity contribution in [3.63, 3.8) is 0 Å². The Morgan fingerprint density at radius 2 is 1.89 bits per heavy atom. The van der Waals surface area contributed by atoms with Crippen molar-refractivity contribution < 1.29 is 14.3 Å². The quantitative estimate of drug-likeness (QED) is 0.556. The lowest BCUT2D eigenvalue weighted by molar-refractivity contribution is -0.220. The third-order valence-electron chi connectivity index (χ3n) is 5.72. The summed E-state index contributed by atoms with van der Waals surface area (Å²) in [5.41, 5.74) is -0.421. The molecule has 3 heteroatoms. The lowest BCUT2D eigenvalue weighted by atomic mass is 9.46. The molecule has 18 heavy (non-hydrogen) atoms. The minimum atomic E-state index is -0.421. The molecule has 4 saturated carbocycles. The van der Waals surface area contributed by atoms with E-state index < -0.39 is 5.60 Å². The Kier molecular flexibility index (Phi) is 2.45. The van der Waals surface area contributed by atoms with Gasteiger partial charge in [0.25, 0.3) is 0 Å². The van der Waals surface area contributed by atoms with Crippen molar-refractivity contribution in [1.82, 2.24) is 0 Å². The van der Waals surface area contributed by atoms with Gasteiger partial charge >= 0.3 is 5.97 Å². The minimum Gasteiger partial charge on any atom is -0.455 e. The summed E-state index contributed by atoms with van der Waals surface area (Å²) >= 11 is 0. The van der Waals surface area contributed by atoms with Crippen LogP contribution in [0.25, 0.3) is 0 Å². The third kappa shape index (κ3) is 1.30. The van der Waals surface area contributed by atoms with E-state index in [9.17, 15) is 9.59 Å². The highest BCUT2D eigenvalue weighted by atomic mass is 16.6. The van der Waals surface area contributed by atoms with Crippen LogP contribution >= 0.6 is 0 Å². The Bertz CT molecular complexity index is 403. The molecule has 0 amide bonds. The number of carbonyl (C=O) groups is 2. The molecule has 4 bridgehead atoms. The van der Waals surface area contributed by atoms with Gasteiger partial charge in [-0.15, -0.1) is 0 Å². The maximum atomic E-state index is 12.3. The van der Waals surface area contributed by atoms with E-state index >= 15 is 0 Å². The number of hydrogen-bond acceptors (Lipinski definition) is 3. The van der Waals surface area contributed by atoms with E-state index in [2.05, 4.69) is 20.4 Å². The summed E-state index contributed by atoms with van der Waals surface area (Å²) in [4.78, 5) is 24.0. The van der Waals surface area contributed by atoms with Crippen molar-refractivity contribution in [2.45, 2.75) is 38.7 Å². The number of ketones is 1. The van der Waals surface area contributed by atoms with Gasteiger partial charge < -0.3 is 4.74 Å². The van der Waals surface area contributed by atoms with Crippen LogP contribution < -0.4 is 0 Å². The highest BCUT2D eigenvalue weighted by molar-refractivity contribution is 5.87. The van der Waals surface area contributed by atoms with E-state index in [0.29, 0.717) is 11.7 Å². The first-order valence-electron chi connectivity index (χ1n) is 6.88. The van der Waals surface area contributed by atoms with Crippen molar-refractivity contribution in [2.75, 3.05) is 0 Å². The first-order valence-corrected chi connectivity index (χ1v) is 6.88. The van der Waals surface area contributed by atoms with E-state index in [1.807, 2.05) is 0 Å². The average molecular weight is 248 g/mol. The monoisotopic (exact) mass is 248 g/mol. The zero-order valence-electron chi connectivity index (χ0n) is 11.0. The summed E-state index contributed by atoms with van der Waals surface area (Å²) in [6, 6.07) is 0. The zero-order chi connectivity index (χ0) is 13.1. The predicted octanol–water partition coefficient (Wildman–Crippen LogP) is 2.36. The van der Waals surface area contributed by atoms with Gasteiger partial charge in [0.2, 0.25) is 0 Å². The molecule has 0 aromatic rings. The highest BCUT2D eigenvalue weighted by Crippen LogP contribution is 2.60. The van der Waals surface area contributed by atoms with Crippen LogP contribution in [0.2, 0.25) is 0 Å². The van der Waals surface area contributed by atoms with Crippen LogP contribution in [0, 0.1) is 29.6 Å². The topological polar surface area (TPSA) is 43.4 Å². The summed E-state index contributed by atoms with van der Waals surface area (Å²) < 4.78 is 5.76. The van der Waals surface area contributed by atoms with Gasteiger partial charge in [-0.05, 0) is 25.2 Å². The first-order chi connectivity index (χ1) is 8.49. The van der Waals surface area contributed by atoms with Crippen LogP contribution in [0.4, 0.5) is 0 Å². The van der Waals surface area contributed by atoms with Crippen molar-refractivity contribution >= 4 is 11.8 Å². The van der Waals surface area contributed by atoms with Crippen LogP contribution in [0.1, 0.15) is 33.1 Å². The number of Topliss-reactive ketones (excluding diaryl/α,β-unsaturated/α-hetero) is 1. The summed E-state index contributed by atoms with van der Waals surface area (Å²) in [5.74, 6) is 1.14. The first kappa shape index (κ1) is 11.9. The van der Waals surface area contributed by atoms with Gasteiger partial charge in [-0.2, -0.15) is 0 Å². The molecule has 4 atom stereocenters. The predicted molar refractivity (Wildman–Crippen MR) is 66.7 cm³/mol. The number of hydrogen-bond donors (Lipinski definition) is 0. The average Bonchev–Trinajstić information content (AvgIpc) is 2.36. The Morgan fingerprint density at radius 3 is 2.39 bits per heavy atom. The van der Waals surface area contributed by atoms with Gasteiger partial charge in [0.05, 0.1) is 0 Å². The van der Waals surface area contributed by atoms with Crippen LogP contribution in [-0.4, -0.2) is 17.4 Å². The molecule has 3 nitrogen and oxygen atoms in total. The molecule has 0 saturated heterocycles. The fourth-order valence-electron chi connectivity index (χ4n) is 4.76. The normalized spacial score (nSPS) is 49.2. The zero-order valence-corrected chi connectivity index (χ0v) is 11.0. The lowest BCUT2D eigenvalue weighted by Gasteiger charge is -2.61. The molecule has 0 spiro atoms.